The number of fused-ring (bicyclic) bond motifs is 1. The van der Waals surface area contributed by atoms with Crippen molar-refractivity contribution in [2.24, 2.45) is 5.73 Å². The van der Waals surface area contributed by atoms with Gasteiger partial charge in [0.15, 0.2) is 6.29 Å². The van der Waals surface area contributed by atoms with Gasteiger partial charge in [-0.05, 0) is 6.07 Å². The van der Waals surface area contributed by atoms with E-state index in [0.29, 0.717) is 6.07 Å². The van der Waals surface area contributed by atoms with E-state index >= 15 is 0 Å². The van der Waals surface area contributed by atoms with Crippen molar-refractivity contribution >= 4 is 11.6 Å². The number of benzene rings is 1. The van der Waals surface area contributed by atoms with Gasteiger partial charge in [0.1, 0.15) is 17.7 Å². The maximum atomic E-state index is 13.7. The average molecular weight is 272 g/mol. The molecule has 19 heavy (non-hydrogen) atoms. The van der Waals surface area contributed by atoms with E-state index in [1.807, 2.05) is 0 Å². The molecule has 0 fully saturated rings. The molecule has 1 heterocycles. The van der Waals surface area contributed by atoms with E-state index in [-0.39, 0.29) is 17.8 Å². The van der Waals surface area contributed by atoms with Crippen LogP contribution in [0.15, 0.2) is 12.1 Å². The lowest BCUT2D eigenvalue weighted by Crippen LogP contribution is -2.39. The van der Waals surface area contributed by atoms with E-state index in [9.17, 15) is 13.6 Å². The molecule has 1 aromatic carbocycles. The third kappa shape index (κ3) is 2.32. The molecule has 1 aliphatic rings. The molecule has 1 atom stereocenters. The molecule has 5 nitrogen and oxygen atoms in total. The quantitative estimate of drug-likeness (QED) is 0.828. The van der Waals surface area contributed by atoms with Gasteiger partial charge in [-0.15, -0.1) is 0 Å². The van der Waals surface area contributed by atoms with Gasteiger partial charge in [0.25, 0.3) is 0 Å². The normalized spacial score (nSPS) is 18.3. The first-order valence-electron chi connectivity index (χ1n) is 5.61. The second-order valence-corrected chi connectivity index (χ2v) is 4.15. The van der Waals surface area contributed by atoms with Crippen LogP contribution < -0.4 is 10.6 Å². The maximum absolute atomic E-state index is 13.7. The Morgan fingerprint density at radius 3 is 2.58 bits per heavy atom. The van der Waals surface area contributed by atoms with Gasteiger partial charge in [-0.2, -0.15) is 0 Å². The predicted molar refractivity (Wildman–Crippen MR) is 63.4 cm³/mol. The number of hydrogen-bond donors (Lipinski definition) is 1. The van der Waals surface area contributed by atoms with Gasteiger partial charge in [0, 0.05) is 25.8 Å². The number of carbonyl (C=O) groups is 1. The van der Waals surface area contributed by atoms with Gasteiger partial charge in [-0.25, -0.2) is 8.78 Å². The van der Waals surface area contributed by atoms with Crippen molar-refractivity contribution in [2.45, 2.75) is 12.3 Å². The molecule has 0 spiro atoms. The molecule has 0 bridgehead atoms. The van der Waals surface area contributed by atoms with Crippen LogP contribution in [0.2, 0.25) is 0 Å². The Bertz CT molecular complexity index is 506. The summed E-state index contributed by atoms with van der Waals surface area (Å²) in [5.41, 5.74) is 5.77. The standard InChI is InChI=1S/C12H14F2N2O3/c1-18-9(19-2)5-16-8-4-6(13)3-7(14)10(8)11(15)12(16)17/h3-4,9,11H,5,15H2,1-2H3. The lowest BCUT2D eigenvalue weighted by molar-refractivity contribution is -0.123. The summed E-state index contributed by atoms with van der Waals surface area (Å²) < 4.78 is 36.9. The fourth-order valence-corrected chi connectivity index (χ4v) is 2.10. The van der Waals surface area contributed by atoms with Gasteiger partial charge < -0.3 is 20.1 Å². The molecule has 1 unspecified atom stereocenters. The highest BCUT2D eigenvalue weighted by atomic mass is 19.1. The molecule has 1 aliphatic heterocycles. The third-order valence-corrected chi connectivity index (χ3v) is 3.06. The Balaban J connectivity index is 2.41. The molecular weight excluding hydrogens is 258 g/mol. The highest BCUT2D eigenvalue weighted by Gasteiger charge is 2.38. The number of methoxy groups -OCH3 is 2. The number of halogens is 2. The topological polar surface area (TPSA) is 64.8 Å². The molecule has 2 rings (SSSR count). The van der Waals surface area contributed by atoms with Gasteiger partial charge in [-0.1, -0.05) is 0 Å². The molecule has 1 amide bonds. The van der Waals surface area contributed by atoms with E-state index in [4.69, 9.17) is 15.2 Å². The number of nitrogens with zero attached hydrogens (tertiary/aromatic N) is 1. The summed E-state index contributed by atoms with van der Waals surface area (Å²) in [7, 11) is 2.81. The SMILES string of the molecule is COC(CN1C(=O)C(N)c2c(F)cc(F)cc21)OC. The zero-order chi connectivity index (χ0) is 14.2. The molecule has 104 valence electrons. The Hall–Kier alpha value is -1.57. The van der Waals surface area contributed by atoms with E-state index in [0.717, 1.165) is 6.07 Å². The maximum Gasteiger partial charge on any atom is 0.248 e. The fraction of sp³-hybridized carbons (Fsp3) is 0.417. The summed E-state index contributed by atoms with van der Waals surface area (Å²) in [4.78, 5) is 13.2. The zero-order valence-electron chi connectivity index (χ0n) is 10.5. The first-order valence-corrected chi connectivity index (χ1v) is 5.61. The smallest absolute Gasteiger partial charge is 0.248 e. The summed E-state index contributed by atoms with van der Waals surface area (Å²) in [6, 6.07) is 0.649. The summed E-state index contributed by atoms with van der Waals surface area (Å²) in [6.45, 7) is 0.00935. The van der Waals surface area contributed by atoms with Gasteiger partial charge in [-0.3, -0.25) is 4.79 Å². The second-order valence-electron chi connectivity index (χ2n) is 4.15. The molecule has 7 heteroatoms. The lowest BCUT2D eigenvalue weighted by Gasteiger charge is -2.22. The molecule has 0 aromatic heterocycles. The Morgan fingerprint density at radius 2 is 2.00 bits per heavy atom. The van der Waals surface area contributed by atoms with Crippen LogP contribution in [0.5, 0.6) is 0 Å². The summed E-state index contributed by atoms with van der Waals surface area (Å²) >= 11 is 0. The number of carbonyl (C=O) groups excluding carboxylic acids is 1. The number of ether oxygens (including phenoxy) is 2. The third-order valence-electron chi connectivity index (χ3n) is 3.06. The van der Waals surface area contributed by atoms with Crippen LogP contribution in [-0.2, 0) is 14.3 Å². The van der Waals surface area contributed by atoms with Crippen molar-refractivity contribution in [3.05, 3.63) is 29.3 Å². The van der Waals surface area contributed by atoms with Crippen LogP contribution >= 0.6 is 0 Å². The summed E-state index contributed by atoms with van der Waals surface area (Å²) in [6.07, 6.45) is -0.701. The lowest BCUT2D eigenvalue weighted by atomic mass is 10.1. The Labute approximate surface area is 108 Å². The van der Waals surface area contributed by atoms with Crippen molar-refractivity contribution < 1.29 is 23.0 Å². The Morgan fingerprint density at radius 1 is 1.37 bits per heavy atom. The monoisotopic (exact) mass is 272 g/mol. The molecule has 0 aliphatic carbocycles. The van der Waals surface area contributed by atoms with Crippen LogP contribution in [0, 0.1) is 11.6 Å². The first kappa shape index (κ1) is 13.9. The summed E-state index contributed by atoms with van der Waals surface area (Å²) in [5, 5.41) is 0. The minimum Gasteiger partial charge on any atom is -0.354 e. The molecule has 0 saturated heterocycles. The minimum absolute atomic E-state index is 0.00245. The fourth-order valence-electron chi connectivity index (χ4n) is 2.10. The summed E-state index contributed by atoms with van der Waals surface area (Å²) in [5.74, 6) is -2.11. The molecule has 0 saturated carbocycles. The Kier molecular flexibility index (Phi) is 3.79. The first-order chi connectivity index (χ1) is 8.99. The molecule has 2 N–H and O–H groups in total. The van der Waals surface area contributed by atoms with E-state index in [1.54, 1.807) is 0 Å². The van der Waals surface area contributed by atoms with Crippen molar-refractivity contribution in [3.8, 4) is 0 Å². The van der Waals surface area contributed by atoms with E-state index in [2.05, 4.69) is 0 Å². The number of anilines is 1. The average Bonchev–Trinajstić information content (AvgIpc) is 2.60. The minimum atomic E-state index is -1.13. The van der Waals surface area contributed by atoms with Gasteiger partial charge in [0.2, 0.25) is 5.91 Å². The highest BCUT2D eigenvalue weighted by molar-refractivity contribution is 6.04. The van der Waals surface area contributed by atoms with Crippen molar-refractivity contribution in [1.82, 2.24) is 0 Å². The van der Waals surface area contributed by atoms with E-state index < -0.39 is 29.9 Å². The number of rotatable bonds is 4. The number of amides is 1. The van der Waals surface area contributed by atoms with Gasteiger partial charge >= 0.3 is 0 Å². The van der Waals surface area contributed by atoms with Crippen molar-refractivity contribution in [3.63, 3.8) is 0 Å². The second kappa shape index (κ2) is 5.20. The van der Waals surface area contributed by atoms with Crippen LogP contribution in [0.4, 0.5) is 14.5 Å². The zero-order valence-corrected chi connectivity index (χ0v) is 10.5. The van der Waals surface area contributed by atoms with Crippen LogP contribution in [-0.4, -0.2) is 33.0 Å². The van der Waals surface area contributed by atoms with Gasteiger partial charge in [0.05, 0.1) is 12.2 Å². The molecule has 0 radical (unpaired) electrons. The van der Waals surface area contributed by atoms with Crippen molar-refractivity contribution in [1.29, 1.82) is 0 Å². The van der Waals surface area contributed by atoms with Crippen molar-refractivity contribution in [2.75, 3.05) is 25.7 Å². The number of nitrogens with two attached hydrogens (primary N) is 1. The molecule has 1 aromatic rings. The predicted octanol–water partition coefficient (Wildman–Crippen LogP) is 0.930. The van der Waals surface area contributed by atoms with Crippen LogP contribution in [0.1, 0.15) is 11.6 Å². The van der Waals surface area contributed by atoms with E-state index in [1.165, 1.54) is 19.1 Å². The van der Waals surface area contributed by atoms with Crippen LogP contribution in [0.3, 0.4) is 0 Å². The molecular formula is C12H14F2N2O3. The van der Waals surface area contributed by atoms with Crippen LogP contribution in [0.25, 0.3) is 0 Å². The highest BCUT2D eigenvalue weighted by Crippen LogP contribution is 2.37. The number of hydrogen-bond acceptors (Lipinski definition) is 4. The largest absolute Gasteiger partial charge is 0.354 e.